The van der Waals surface area contributed by atoms with Crippen molar-refractivity contribution in [1.29, 1.82) is 0 Å². The molecule has 1 atom stereocenters. The lowest BCUT2D eigenvalue weighted by Gasteiger charge is -2.12. The van der Waals surface area contributed by atoms with Crippen molar-refractivity contribution in [3.63, 3.8) is 0 Å². The SMILES string of the molecule is COc1ccc(Cl)cc1NC1=NCC(c2ccccc2)S1. The number of nitrogens with zero attached hydrogens (tertiary/aromatic N) is 1. The molecule has 108 valence electrons. The van der Waals surface area contributed by atoms with E-state index in [2.05, 4.69) is 34.6 Å². The molecule has 0 saturated heterocycles. The lowest BCUT2D eigenvalue weighted by atomic mass is 10.1. The van der Waals surface area contributed by atoms with Gasteiger partial charge in [0.2, 0.25) is 0 Å². The number of rotatable bonds is 3. The molecule has 21 heavy (non-hydrogen) atoms. The number of amidine groups is 1. The van der Waals surface area contributed by atoms with Crippen LogP contribution in [0.25, 0.3) is 0 Å². The maximum Gasteiger partial charge on any atom is 0.161 e. The first-order valence-corrected chi connectivity index (χ1v) is 7.88. The molecule has 0 fully saturated rings. The standard InChI is InChI=1S/C16H15ClN2OS/c1-20-14-8-7-12(17)9-13(14)19-16-18-10-15(21-16)11-5-3-2-4-6-11/h2-9,15H,10H2,1H3,(H,18,19). The Labute approximate surface area is 133 Å². The Hall–Kier alpha value is -1.65. The lowest BCUT2D eigenvalue weighted by molar-refractivity contribution is 0.417. The van der Waals surface area contributed by atoms with Crippen molar-refractivity contribution in [2.24, 2.45) is 4.99 Å². The Morgan fingerprint density at radius 2 is 2.05 bits per heavy atom. The number of halogens is 1. The van der Waals surface area contributed by atoms with Gasteiger partial charge in [-0.25, -0.2) is 0 Å². The van der Waals surface area contributed by atoms with Crippen LogP contribution in [0.5, 0.6) is 5.75 Å². The number of aliphatic imine (C=N–C) groups is 1. The summed E-state index contributed by atoms with van der Waals surface area (Å²) in [6, 6.07) is 15.9. The Kier molecular flexibility index (Phi) is 4.36. The average molecular weight is 319 g/mol. The van der Waals surface area contributed by atoms with Crippen molar-refractivity contribution >= 4 is 34.2 Å². The number of benzene rings is 2. The van der Waals surface area contributed by atoms with Gasteiger partial charge in [0.05, 0.1) is 24.6 Å². The van der Waals surface area contributed by atoms with Gasteiger partial charge < -0.3 is 10.1 Å². The van der Waals surface area contributed by atoms with Crippen LogP contribution in [-0.2, 0) is 0 Å². The van der Waals surface area contributed by atoms with Crippen LogP contribution in [0.4, 0.5) is 5.69 Å². The molecule has 1 aliphatic heterocycles. The molecule has 2 aromatic carbocycles. The van der Waals surface area contributed by atoms with Crippen molar-refractivity contribution in [2.45, 2.75) is 5.25 Å². The molecule has 1 aliphatic rings. The van der Waals surface area contributed by atoms with Crippen LogP contribution >= 0.6 is 23.4 Å². The highest BCUT2D eigenvalue weighted by molar-refractivity contribution is 8.14. The highest BCUT2D eigenvalue weighted by Gasteiger charge is 2.21. The highest BCUT2D eigenvalue weighted by atomic mass is 35.5. The van der Waals surface area contributed by atoms with Crippen molar-refractivity contribution in [3.05, 3.63) is 59.1 Å². The van der Waals surface area contributed by atoms with Gasteiger partial charge in [0.25, 0.3) is 0 Å². The first kappa shape index (κ1) is 14.3. The van der Waals surface area contributed by atoms with Crippen LogP contribution in [0.1, 0.15) is 10.8 Å². The smallest absolute Gasteiger partial charge is 0.161 e. The predicted molar refractivity (Wildman–Crippen MR) is 90.7 cm³/mol. The molecular weight excluding hydrogens is 304 g/mol. The first-order valence-electron chi connectivity index (χ1n) is 6.63. The lowest BCUT2D eigenvalue weighted by Crippen LogP contribution is -2.06. The summed E-state index contributed by atoms with van der Waals surface area (Å²) in [7, 11) is 1.64. The van der Waals surface area contributed by atoms with E-state index in [1.807, 2.05) is 24.3 Å². The van der Waals surface area contributed by atoms with Crippen LogP contribution in [0.2, 0.25) is 5.02 Å². The minimum Gasteiger partial charge on any atom is -0.495 e. The molecule has 3 nitrogen and oxygen atoms in total. The average Bonchev–Trinajstić information content (AvgIpc) is 2.97. The maximum absolute atomic E-state index is 6.04. The van der Waals surface area contributed by atoms with Gasteiger partial charge in [-0.05, 0) is 23.8 Å². The summed E-state index contributed by atoms with van der Waals surface area (Å²) in [5.74, 6) is 0.755. The van der Waals surface area contributed by atoms with E-state index in [4.69, 9.17) is 16.3 Å². The van der Waals surface area contributed by atoms with Gasteiger partial charge in [-0.1, -0.05) is 53.7 Å². The van der Waals surface area contributed by atoms with Gasteiger partial charge in [0, 0.05) is 5.02 Å². The van der Waals surface area contributed by atoms with E-state index in [0.29, 0.717) is 10.3 Å². The fraction of sp³-hybridized carbons (Fsp3) is 0.188. The first-order chi connectivity index (χ1) is 10.3. The minimum absolute atomic E-state index is 0.360. The Morgan fingerprint density at radius 1 is 1.24 bits per heavy atom. The summed E-state index contributed by atoms with van der Waals surface area (Å²) in [5, 5.41) is 5.23. The molecule has 0 spiro atoms. The number of ether oxygens (including phenoxy) is 1. The number of hydrogen-bond acceptors (Lipinski definition) is 4. The third-order valence-electron chi connectivity index (χ3n) is 3.23. The van der Waals surface area contributed by atoms with Gasteiger partial charge in [-0.3, -0.25) is 4.99 Å². The molecule has 0 bridgehead atoms. The van der Waals surface area contributed by atoms with Crippen LogP contribution in [0.3, 0.4) is 0 Å². The van der Waals surface area contributed by atoms with E-state index in [9.17, 15) is 0 Å². The molecule has 0 saturated carbocycles. The number of hydrogen-bond donors (Lipinski definition) is 1. The molecule has 1 N–H and O–H groups in total. The van der Waals surface area contributed by atoms with Crippen molar-refractivity contribution in [1.82, 2.24) is 0 Å². The maximum atomic E-state index is 6.04. The largest absolute Gasteiger partial charge is 0.495 e. The summed E-state index contributed by atoms with van der Waals surface area (Å²) in [4.78, 5) is 4.56. The Bertz CT molecular complexity index is 661. The van der Waals surface area contributed by atoms with E-state index in [1.54, 1.807) is 18.9 Å². The third-order valence-corrected chi connectivity index (χ3v) is 4.62. The summed E-state index contributed by atoms with van der Waals surface area (Å²) >= 11 is 7.77. The summed E-state index contributed by atoms with van der Waals surface area (Å²) in [6.45, 7) is 0.778. The topological polar surface area (TPSA) is 33.6 Å². The molecule has 1 heterocycles. The quantitative estimate of drug-likeness (QED) is 0.897. The number of thioether (sulfide) groups is 1. The predicted octanol–water partition coefficient (Wildman–Crippen LogP) is 4.60. The number of methoxy groups -OCH3 is 1. The van der Waals surface area contributed by atoms with Crippen molar-refractivity contribution < 1.29 is 4.74 Å². The number of anilines is 1. The Balaban J connectivity index is 1.72. The second kappa shape index (κ2) is 6.41. The fourth-order valence-corrected chi connectivity index (χ4v) is 3.38. The summed E-state index contributed by atoms with van der Waals surface area (Å²) < 4.78 is 5.34. The van der Waals surface area contributed by atoms with E-state index in [1.165, 1.54) is 5.56 Å². The van der Waals surface area contributed by atoms with Crippen LogP contribution < -0.4 is 10.1 Å². The van der Waals surface area contributed by atoms with Gasteiger partial charge in [-0.15, -0.1) is 0 Å². The van der Waals surface area contributed by atoms with E-state index in [0.717, 1.165) is 23.1 Å². The molecular formula is C16H15ClN2OS. The van der Waals surface area contributed by atoms with E-state index in [-0.39, 0.29) is 0 Å². The van der Waals surface area contributed by atoms with Gasteiger partial charge in [0.15, 0.2) is 5.17 Å². The highest BCUT2D eigenvalue weighted by Crippen LogP contribution is 2.37. The number of nitrogens with one attached hydrogen (secondary N) is 1. The minimum atomic E-state index is 0.360. The van der Waals surface area contributed by atoms with Crippen LogP contribution in [0, 0.1) is 0 Å². The van der Waals surface area contributed by atoms with Crippen molar-refractivity contribution in [2.75, 3.05) is 19.0 Å². The van der Waals surface area contributed by atoms with E-state index < -0.39 is 0 Å². The van der Waals surface area contributed by atoms with Gasteiger partial charge >= 0.3 is 0 Å². The zero-order chi connectivity index (χ0) is 14.7. The van der Waals surface area contributed by atoms with Gasteiger partial charge in [-0.2, -0.15) is 0 Å². The Morgan fingerprint density at radius 3 is 2.81 bits per heavy atom. The molecule has 3 rings (SSSR count). The van der Waals surface area contributed by atoms with E-state index >= 15 is 0 Å². The fourth-order valence-electron chi connectivity index (χ4n) is 2.18. The molecule has 0 amide bonds. The third kappa shape index (κ3) is 3.34. The van der Waals surface area contributed by atoms with Crippen LogP contribution in [0.15, 0.2) is 53.5 Å². The summed E-state index contributed by atoms with van der Waals surface area (Å²) in [6.07, 6.45) is 0. The molecule has 0 radical (unpaired) electrons. The molecule has 1 unspecified atom stereocenters. The second-order valence-corrected chi connectivity index (χ2v) is 6.26. The molecule has 0 aliphatic carbocycles. The second-order valence-electron chi connectivity index (χ2n) is 4.63. The van der Waals surface area contributed by atoms with Crippen molar-refractivity contribution in [3.8, 4) is 5.75 Å². The molecule has 5 heteroatoms. The summed E-state index contributed by atoms with van der Waals surface area (Å²) in [5.41, 5.74) is 2.13. The monoisotopic (exact) mass is 318 g/mol. The van der Waals surface area contributed by atoms with Crippen LogP contribution in [-0.4, -0.2) is 18.8 Å². The molecule has 0 aromatic heterocycles. The zero-order valence-electron chi connectivity index (χ0n) is 11.5. The zero-order valence-corrected chi connectivity index (χ0v) is 13.1. The van der Waals surface area contributed by atoms with Gasteiger partial charge in [0.1, 0.15) is 5.75 Å². The normalized spacial score (nSPS) is 17.4. The molecule has 2 aromatic rings.